The van der Waals surface area contributed by atoms with Gasteiger partial charge in [-0.25, -0.2) is 4.79 Å². The first-order valence-electron chi connectivity index (χ1n) is 7.70. The molecule has 3 N–H and O–H groups in total. The lowest BCUT2D eigenvalue weighted by molar-refractivity contribution is -0.137. The number of nitrogens with zero attached hydrogens (tertiary/aromatic N) is 1. The van der Waals surface area contributed by atoms with Gasteiger partial charge in [-0.15, -0.1) is 0 Å². The zero-order valence-corrected chi connectivity index (χ0v) is 13.6. The fourth-order valence-corrected chi connectivity index (χ4v) is 2.92. The summed E-state index contributed by atoms with van der Waals surface area (Å²) in [5.74, 6) is -0.810. The van der Waals surface area contributed by atoms with Crippen molar-refractivity contribution in [3.05, 3.63) is 0 Å². The van der Waals surface area contributed by atoms with E-state index >= 15 is 0 Å². The molecule has 0 spiro atoms. The minimum Gasteiger partial charge on any atom is -0.481 e. The number of hydrogen-bond donors (Lipinski definition) is 3. The van der Waals surface area contributed by atoms with Crippen molar-refractivity contribution in [2.75, 3.05) is 20.6 Å². The molecule has 21 heavy (non-hydrogen) atoms. The third kappa shape index (κ3) is 5.19. The van der Waals surface area contributed by atoms with E-state index in [9.17, 15) is 9.59 Å². The molecule has 1 fully saturated rings. The van der Waals surface area contributed by atoms with Crippen molar-refractivity contribution in [1.29, 1.82) is 0 Å². The second-order valence-electron chi connectivity index (χ2n) is 6.60. The molecule has 1 atom stereocenters. The summed E-state index contributed by atoms with van der Waals surface area (Å²) >= 11 is 0. The smallest absolute Gasteiger partial charge is 0.315 e. The summed E-state index contributed by atoms with van der Waals surface area (Å²) in [7, 11) is 4.10. The van der Waals surface area contributed by atoms with Crippen LogP contribution >= 0.6 is 0 Å². The topological polar surface area (TPSA) is 81.7 Å². The van der Waals surface area contributed by atoms with E-state index in [1.165, 1.54) is 12.8 Å². The van der Waals surface area contributed by atoms with E-state index in [1.54, 1.807) is 0 Å². The van der Waals surface area contributed by atoms with E-state index in [4.69, 9.17) is 5.11 Å². The van der Waals surface area contributed by atoms with Gasteiger partial charge in [0.05, 0.1) is 6.42 Å². The molecule has 1 saturated carbocycles. The number of carbonyl (C=O) groups is 2. The quantitative estimate of drug-likeness (QED) is 0.668. The average Bonchev–Trinajstić information content (AvgIpc) is 2.85. The first-order chi connectivity index (χ1) is 9.77. The first-order valence-corrected chi connectivity index (χ1v) is 7.70. The largest absolute Gasteiger partial charge is 0.481 e. The molecule has 0 bridgehead atoms. The van der Waals surface area contributed by atoms with Crippen molar-refractivity contribution in [1.82, 2.24) is 15.5 Å². The Bertz CT molecular complexity index is 363. The van der Waals surface area contributed by atoms with Gasteiger partial charge in [0.1, 0.15) is 0 Å². The number of carboxylic acid groups (broad SMARTS) is 1. The van der Waals surface area contributed by atoms with Crippen LogP contribution in [0.2, 0.25) is 0 Å². The Kier molecular flexibility index (Phi) is 6.45. The highest BCUT2D eigenvalue weighted by Gasteiger charge is 2.36. The molecule has 1 aliphatic rings. The number of urea groups is 1. The molecule has 0 aromatic rings. The van der Waals surface area contributed by atoms with E-state index in [-0.39, 0.29) is 30.0 Å². The van der Waals surface area contributed by atoms with Crippen molar-refractivity contribution >= 4 is 12.0 Å². The van der Waals surface area contributed by atoms with Crippen LogP contribution in [-0.2, 0) is 4.79 Å². The third-order valence-electron chi connectivity index (χ3n) is 4.58. The van der Waals surface area contributed by atoms with E-state index in [2.05, 4.69) is 15.5 Å². The summed E-state index contributed by atoms with van der Waals surface area (Å²) in [5, 5.41) is 14.6. The summed E-state index contributed by atoms with van der Waals surface area (Å²) in [6.07, 6.45) is 4.50. The lowest BCUT2D eigenvalue weighted by atomic mass is 9.96. The van der Waals surface area contributed by atoms with Crippen LogP contribution in [0, 0.1) is 5.92 Å². The van der Waals surface area contributed by atoms with E-state index in [0.717, 1.165) is 12.8 Å². The van der Waals surface area contributed by atoms with Gasteiger partial charge in [0.25, 0.3) is 0 Å². The van der Waals surface area contributed by atoms with Crippen LogP contribution in [0.4, 0.5) is 4.79 Å². The highest BCUT2D eigenvalue weighted by atomic mass is 16.4. The van der Waals surface area contributed by atoms with E-state index < -0.39 is 5.97 Å². The minimum atomic E-state index is -0.894. The number of nitrogens with one attached hydrogen (secondary N) is 2. The predicted octanol–water partition coefficient (Wildman–Crippen LogP) is 1.66. The number of likely N-dealkylation sites (N-methyl/N-ethyl adjacent to an activating group) is 1. The highest BCUT2D eigenvalue weighted by Crippen LogP contribution is 2.33. The molecule has 6 nitrogen and oxygen atoms in total. The van der Waals surface area contributed by atoms with Gasteiger partial charge in [-0.05, 0) is 32.9 Å². The van der Waals surface area contributed by atoms with Crippen LogP contribution in [0.5, 0.6) is 0 Å². The van der Waals surface area contributed by atoms with Crippen molar-refractivity contribution in [3.8, 4) is 0 Å². The summed E-state index contributed by atoms with van der Waals surface area (Å²) in [4.78, 5) is 25.0. The van der Waals surface area contributed by atoms with Crippen LogP contribution < -0.4 is 10.6 Å². The lowest BCUT2D eigenvalue weighted by Crippen LogP contribution is -2.54. The van der Waals surface area contributed by atoms with Crippen LogP contribution in [-0.4, -0.2) is 54.2 Å². The Hall–Kier alpha value is -1.30. The van der Waals surface area contributed by atoms with Gasteiger partial charge in [0.15, 0.2) is 0 Å². The number of amides is 2. The normalized spacial score (nSPS) is 18.8. The maximum atomic E-state index is 12.0. The molecule has 1 unspecified atom stereocenters. The van der Waals surface area contributed by atoms with Gasteiger partial charge in [-0.1, -0.05) is 26.7 Å². The molecular weight excluding hydrogens is 270 g/mol. The molecule has 0 aromatic heterocycles. The number of carboxylic acids is 1. The minimum absolute atomic E-state index is 0.0392. The zero-order chi connectivity index (χ0) is 16.0. The van der Waals surface area contributed by atoms with Crippen molar-refractivity contribution in [3.63, 3.8) is 0 Å². The van der Waals surface area contributed by atoms with Crippen molar-refractivity contribution in [2.24, 2.45) is 5.92 Å². The van der Waals surface area contributed by atoms with Gasteiger partial charge in [-0.3, -0.25) is 4.79 Å². The first kappa shape index (κ1) is 17.8. The second kappa shape index (κ2) is 7.64. The Labute approximate surface area is 127 Å². The molecule has 0 aliphatic heterocycles. The lowest BCUT2D eigenvalue weighted by Gasteiger charge is -2.36. The molecule has 0 heterocycles. The van der Waals surface area contributed by atoms with Gasteiger partial charge in [0.2, 0.25) is 0 Å². The number of aliphatic carboxylic acids is 1. The standard InChI is InChI=1S/C15H29N3O3/c1-11(2)12(9-13(19)20)17-14(21)16-10-15(18(3)4)7-5-6-8-15/h11-12H,5-10H2,1-4H3,(H,19,20)(H2,16,17,21). The van der Waals surface area contributed by atoms with Crippen LogP contribution in [0.1, 0.15) is 46.0 Å². The van der Waals surface area contributed by atoms with Gasteiger partial charge in [0, 0.05) is 18.1 Å². The molecule has 122 valence electrons. The van der Waals surface area contributed by atoms with Crippen molar-refractivity contribution in [2.45, 2.75) is 57.5 Å². The summed E-state index contributed by atoms with van der Waals surface area (Å²) in [5.41, 5.74) is 0.0392. The SMILES string of the molecule is CC(C)C(CC(=O)O)NC(=O)NCC1(N(C)C)CCCC1. The molecule has 0 radical (unpaired) electrons. The number of hydrogen-bond acceptors (Lipinski definition) is 3. The summed E-state index contributed by atoms with van der Waals surface area (Å²) < 4.78 is 0. The van der Waals surface area contributed by atoms with Gasteiger partial charge < -0.3 is 20.6 Å². The summed E-state index contributed by atoms with van der Waals surface area (Å²) in [6, 6.07) is -0.621. The fraction of sp³-hybridized carbons (Fsp3) is 0.867. The molecule has 1 rings (SSSR count). The monoisotopic (exact) mass is 299 g/mol. The second-order valence-corrected chi connectivity index (χ2v) is 6.60. The van der Waals surface area contributed by atoms with Crippen molar-refractivity contribution < 1.29 is 14.7 Å². The number of carbonyl (C=O) groups excluding carboxylic acids is 1. The third-order valence-corrected chi connectivity index (χ3v) is 4.58. The maximum Gasteiger partial charge on any atom is 0.315 e. The Balaban J connectivity index is 2.50. The van der Waals surface area contributed by atoms with E-state index in [0.29, 0.717) is 6.54 Å². The predicted molar refractivity (Wildman–Crippen MR) is 82.3 cm³/mol. The maximum absolute atomic E-state index is 12.0. The van der Waals surface area contributed by atoms with Crippen LogP contribution in [0.3, 0.4) is 0 Å². The van der Waals surface area contributed by atoms with E-state index in [1.807, 2.05) is 27.9 Å². The molecular formula is C15H29N3O3. The molecule has 0 aromatic carbocycles. The Morgan fingerprint density at radius 1 is 1.24 bits per heavy atom. The number of rotatable bonds is 7. The zero-order valence-electron chi connectivity index (χ0n) is 13.6. The molecule has 6 heteroatoms. The summed E-state index contributed by atoms with van der Waals surface area (Å²) in [6.45, 7) is 4.42. The van der Waals surface area contributed by atoms with Crippen LogP contribution in [0.25, 0.3) is 0 Å². The van der Waals surface area contributed by atoms with Crippen LogP contribution in [0.15, 0.2) is 0 Å². The molecule has 2 amide bonds. The Morgan fingerprint density at radius 3 is 2.24 bits per heavy atom. The molecule has 0 saturated heterocycles. The fourth-order valence-electron chi connectivity index (χ4n) is 2.92. The van der Waals surface area contributed by atoms with Gasteiger partial charge >= 0.3 is 12.0 Å². The Morgan fingerprint density at radius 2 is 1.81 bits per heavy atom. The average molecular weight is 299 g/mol. The van der Waals surface area contributed by atoms with Gasteiger partial charge in [-0.2, -0.15) is 0 Å². The molecule has 1 aliphatic carbocycles. The highest BCUT2D eigenvalue weighted by molar-refractivity contribution is 5.75.